The maximum Gasteiger partial charge on any atom is 0.227 e. The summed E-state index contributed by atoms with van der Waals surface area (Å²) in [6, 6.07) is 6.81. The highest BCUT2D eigenvalue weighted by molar-refractivity contribution is 5.89. The number of para-hydroxylation sites is 1. The second kappa shape index (κ2) is 6.11. The van der Waals surface area contributed by atoms with Crippen molar-refractivity contribution in [2.24, 2.45) is 23.2 Å². The Balaban J connectivity index is 1.37. The molecule has 1 aromatic carbocycles. The summed E-state index contributed by atoms with van der Waals surface area (Å²) >= 11 is 0. The van der Waals surface area contributed by atoms with Crippen LogP contribution in [0.15, 0.2) is 30.5 Å². The standard InChI is InChI=1S/C22H26N2O3/c25-20(26)19(9-15-12-23-18-4-2-1-3-17(15)18)24-21(27)22-10-13-5-6-16(22)8-14(7-13)11-22/h1-4,12-14,16,19,23H,5-11H2,(H,24,27)(H,25,26)/p-1/t13-,14-,16+,19-,22+/m1/s1. The number of aromatic nitrogens is 1. The molecule has 5 nitrogen and oxygen atoms in total. The number of H-pyrrole nitrogens is 1. The lowest BCUT2D eigenvalue weighted by atomic mass is 9.61. The minimum absolute atomic E-state index is 0.0477. The van der Waals surface area contributed by atoms with Crippen molar-refractivity contribution < 1.29 is 14.7 Å². The third-order valence-corrected chi connectivity index (χ3v) is 7.44. The van der Waals surface area contributed by atoms with E-state index >= 15 is 0 Å². The van der Waals surface area contributed by atoms with Gasteiger partial charge in [-0.05, 0) is 61.5 Å². The molecular weight excluding hydrogens is 340 g/mol. The maximum absolute atomic E-state index is 13.3. The van der Waals surface area contributed by atoms with Crippen LogP contribution in [0.5, 0.6) is 0 Å². The molecule has 5 rings (SSSR count). The fourth-order valence-corrected chi connectivity index (χ4v) is 6.33. The van der Waals surface area contributed by atoms with E-state index in [-0.39, 0.29) is 17.7 Å². The molecule has 1 aromatic heterocycles. The van der Waals surface area contributed by atoms with Gasteiger partial charge >= 0.3 is 0 Å². The maximum atomic E-state index is 13.3. The predicted octanol–water partition coefficient (Wildman–Crippen LogP) is 2.16. The summed E-state index contributed by atoms with van der Waals surface area (Å²) in [6.45, 7) is 0. The Morgan fingerprint density at radius 3 is 2.85 bits per heavy atom. The molecule has 3 fully saturated rings. The highest BCUT2D eigenvalue weighted by atomic mass is 16.4. The van der Waals surface area contributed by atoms with Gasteiger partial charge in [0.25, 0.3) is 0 Å². The first-order valence-corrected chi connectivity index (χ1v) is 10.1. The number of aliphatic carboxylic acids is 1. The number of hydrogen-bond acceptors (Lipinski definition) is 3. The minimum atomic E-state index is -1.21. The van der Waals surface area contributed by atoms with E-state index in [1.165, 1.54) is 12.8 Å². The molecule has 3 aliphatic carbocycles. The van der Waals surface area contributed by atoms with Crippen molar-refractivity contribution in [2.45, 2.75) is 51.0 Å². The van der Waals surface area contributed by atoms with Gasteiger partial charge in [0.05, 0.1) is 17.4 Å². The molecule has 27 heavy (non-hydrogen) atoms. The highest BCUT2D eigenvalue weighted by Gasteiger charge is 2.58. The Labute approximate surface area is 158 Å². The zero-order valence-corrected chi connectivity index (χ0v) is 15.4. The second-order valence-electron chi connectivity index (χ2n) is 8.95. The number of aromatic amines is 1. The van der Waals surface area contributed by atoms with Crippen LogP contribution in [-0.2, 0) is 16.0 Å². The Kier molecular flexibility index (Phi) is 3.81. The summed E-state index contributed by atoms with van der Waals surface area (Å²) in [4.78, 5) is 28.2. The van der Waals surface area contributed by atoms with Gasteiger partial charge in [0, 0.05) is 23.5 Å². The average Bonchev–Trinajstić information content (AvgIpc) is 3.12. The first kappa shape index (κ1) is 16.8. The van der Waals surface area contributed by atoms with Gasteiger partial charge in [0.1, 0.15) is 0 Å². The summed E-state index contributed by atoms with van der Waals surface area (Å²) in [5.74, 6) is 0.464. The molecule has 3 saturated carbocycles. The largest absolute Gasteiger partial charge is 0.548 e. The van der Waals surface area contributed by atoms with E-state index in [0.29, 0.717) is 17.8 Å². The summed E-state index contributed by atoms with van der Waals surface area (Å²) in [5.41, 5.74) is 1.53. The smallest absolute Gasteiger partial charge is 0.227 e. The van der Waals surface area contributed by atoms with Gasteiger partial charge in [0.2, 0.25) is 5.91 Å². The lowest BCUT2D eigenvalue weighted by Gasteiger charge is -2.44. The van der Waals surface area contributed by atoms with E-state index in [4.69, 9.17) is 0 Å². The molecule has 2 N–H and O–H groups in total. The van der Waals surface area contributed by atoms with E-state index in [1.54, 1.807) is 0 Å². The number of carbonyl (C=O) groups excluding carboxylic acids is 2. The number of nitrogens with one attached hydrogen (secondary N) is 2. The molecule has 1 heterocycles. The van der Waals surface area contributed by atoms with Crippen LogP contribution in [0.2, 0.25) is 0 Å². The minimum Gasteiger partial charge on any atom is -0.548 e. The molecule has 2 aromatic rings. The van der Waals surface area contributed by atoms with Crippen LogP contribution in [0.1, 0.15) is 44.1 Å². The fraction of sp³-hybridized carbons (Fsp3) is 0.545. The van der Waals surface area contributed by atoms with Crippen LogP contribution in [0.3, 0.4) is 0 Å². The molecule has 0 radical (unpaired) electrons. The Bertz CT molecular complexity index is 904. The van der Waals surface area contributed by atoms with Crippen molar-refractivity contribution >= 4 is 22.8 Å². The van der Waals surface area contributed by atoms with Crippen molar-refractivity contribution in [3.8, 4) is 0 Å². The highest BCUT2D eigenvalue weighted by Crippen LogP contribution is 2.62. The number of carboxylic acid groups (broad SMARTS) is 1. The van der Waals surface area contributed by atoms with Gasteiger partial charge in [-0.25, -0.2) is 0 Å². The molecule has 3 aliphatic rings. The molecular formula is C22H25N2O3-. The van der Waals surface area contributed by atoms with Crippen molar-refractivity contribution in [3.63, 3.8) is 0 Å². The summed E-state index contributed by atoms with van der Waals surface area (Å²) in [5, 5.41) is 15.7. The van der Waals surface area contributed by atoms with Gasteiger partial charge in [0.15, 0.2) is 0 Å². The molecule has 3 bridgehead atoms. The quantitative estimate of drug-likeness (QED) is 0.851. The Morgan fingerprint density at radius 1 is 1.19 bits per heavy atom. The van der Waals surface area contributed by atoms with Crippen molar-refractivity contribution in [3.05, 3.63) is 36.0 Å². The molecule has 0 unspecified atom stereocenters. The monoisotopic (exact) mass is 365 g/mol. The van der Waals surface area contributed by atoms with Gasteiger partial charge < -0.3 is 20.2 Å². The lowest BCUT2D eigenvalue weighted by Crippen LogP contribution is -2.55. The average molecular weight is 365 g/mol. The summed E-state index contributed by atoms with van der Waals surface area (Å²) in [6.07, 6.45) is 8.69. The van der Waals surface area contributed by atoms with E-state index in [9.17, 15) is 14.7 Å². The van der Waals surface area contributed by atoms with Crippen molar-refractivity contribution in [1.82, 2.24) is 10.3 Å². The molecule has 0 saturated heterocycles. The molecule has 5 heteroatoms. The SMILES string of the molecule is O=C([O-])[C@@H](Cc1c[nH]c2ccccc12)NC(=O)[C@]12C[C@@H]3CC[C@H]1C[C@@H](C3)C2. The Hall–Kier alpha value is -2.30. The van der Waals surface area contributed by atoms with Crippen LogP contribution in [-0.4, -0.2) is 22.9 Å². The lowest BCUT2D eigenvalue weighted by molar-refractivity contribution is -0.308. The van der Waals surface area contributed by atoms with E-state index < -0.39 is 12.0 Å². The van der Waals surface area contributed by atoms with Gasteiger partial charge in [-0.3, -0.25) is 4.79 Å². The van der Waals surface area contributed by atoms with Crippen LogP contribution in [0.25, 0.3) is 10.9 Å². The van der Waals surface area contributed by atoms with E-state index in [1.807, 2.05) is 30.5 Å². The first-order chi connectivity index (χ1) is 13.0. The van der Waals surface area contributed by atoms with Crippen LogP contribution >= 0.6 is 0 Å². The molecule has 5 atom stereocenters. The predicted molar refractivity (Wildman–Crippen MR) is 99.5 cm³/mol. The summed E-state index contributed by atoms with van der Waals surface area (Å²) in [7, 11) is 0. The zero-order valence-electron chi connectivity index (χ0n) is 15.4. The van der Waals surface area contributed by atoms with Crippen molar-refractivity contribution in [1.29, 1.82) is 0 Å². The van der Waals surface area contributed by atoms with Gasteiger partial charge in [-0.2, -0.15) is 0 Å². The third kappa shape index (κ3) is 2.67. The number of hydrogen-bond donors (Lipinski definition) is 2. The number of carbonyl (C=O) groups is 2. The van der Waals surface area contributed by atoms with Gasteiger partial charge in [-0.15, -0.1) is 0 Å². The van der Waals surface area contributed by atoms with E-state index in [0.717, 1.165) is 42.1 Å². The normalized spacial score (nSPS) is 32.5. The molecule has 1 amide bonds. The van der Waals surface area contributed by atoms with E-state index in [2.05, 4.69) is 10.3 Å². The number of carboxylic acids is 1. The molecule has 0 spiro atoms. The van der Waals surface area contributed by atoms with Crippen LogP contribution in [0.4, 0.5) is 0 Å². The number of amides is 1. The third-order valence-electron chi connectivity index (χ3n) is 7.44. The Morgan fingerprint density at radius 2 is 2.00 bits per heavy atom. The topological polar surface area (TPSA) is 85.0 Å². The second-order valence-corrected chi connectivity index (χ2v) is 8.95. The summed E-state index contributed by atoms with van der Waals surface area (Å²) < 4.78 is 0. The van der Waals surface area contributed by atoms with Crippen molar-refractivity contribution in [2.75, 3.05) is 0 Å². The molecule has 0 aliphatic heterocycles. The molecule has 142 valence electrons. The zero-order chi connectivity index (χ0) is 18.6. The number of benzene rings is 1. The fourth-order valence-electron chi connectivity index (χ4n) is 6.33. The first-order valence-electron chi connectivity index (χ1n) is 10.1. The van der Waals surface area contributed by atoms with Crippen LogP contribution in [0, 0.1) is 23.2 Å². The number of rotatable bonds is 5. The van der Waals surface area contributed by atoms with Gasteiger partial charge in [-0.1, -0.05) is 24.6 Å². The van der Waals surface area contributed by atoms with Crippen LogP contribution < -0.4 is 10.4 Å². The number of fused-ring (bicyclic) bond motifs is 3.